The van der Waals surface area contributed by atoms with Crippen molar-refractivity contribution in [2.75, 3.05) is 32.4 Å². The zero-order chi connectivity index (χ0) is 17.0. The Morgan fingerprint density at radius 2 is 2.09 bits per heavy atom. The molecule has 2 fully saturated rings. The third-order valence-corrected chi connectivity index (χ3v) is 5.50. The lowest BCUT2D eigenvalue weighted by Gasteiger charge is -2.31. The summed E-state index contributed by atoms with van der Waals surface area (Å²) in [5.74, 6) is 0.134. The predicted molar refractivity (Wildman–Crippen MR) is 86.4 cm³/mol. The van der Waals surface area contributed by atoms with E-state index in [4.69, 9.17) is 0 Å². The number of rotatable bonds is 5. The van der Waals surface area contributed by atoms with Crippen molar-refractivity contribution in [3.63, 3.8) is 0 Å². The Labute approximate surface area is 137 Å². The van der Waals surface area contributed by atoms with E-state index in [1.54, 1.807) is 4.90 Å². The van der Waals surface area contributed by atoms with E-state index in [2.05, 4.69) is 10.6 Å². The van der Waals surface area contributed by atoms with Crippen molar-refractivity contribution in [3.05, 3.63) is 0 Å². The second-order valence-corrected chi connectivity index (χ2v) is 8.40. The Morgan fingerprint density at radius 3 is 2.70 bits per heavy atom. The van der Waals surface area contributed by atoms with Gasteiger partial charge in [0.2, 0.25) is 15.9 Å². The van der Waals surface area contributed by atoms with Crippen molar-refractivity contribution in [2.24, 2.45) is 0 Å². The van der Waals surface area contributed by atoms with Crippen molar-refractivity contribution in [1.82, 2.24) is 19.8 Å². The Morgan fingerprint density at radius 1 is 1.35 bits per heavy atom. The number of carbonyl (C=O) groups is 2. The summed E-state index contributed by atoms with van der Waals surface area (Å²) in [6.45, 7) is 3.93. The molecule has 0 aliphatic carbocycles. The highest BCUT2D eigenvalue weighted by Crippen LogP contribution is 2.13. The number of sulfonamides is 1. The number of amides is 3. The van der Waals surface area contributed by atoms with Crippen LogP contribution in [-0.4, -0.2) is 74.1 Å². The van der Waals surface area contributed by atoms with Gasteiger partial charge in [-0.15, -0.1) is 0 Å². The first kappa shape index (κ1) is 18.0. The van der Waals surface area contributed by atoms with Crippen LogP contribution in [0.4, 0.5) is 4.79 Å². The first-order chi connectivity index (χ1) is 10.8. The van der Waals surface area contributed by atoms with E-state index in [9.17, 15) is 18.0 Å². The van der Waals surface area contributed by atoms with Gasteiger partial charge in [-0.25, -0.2) is 17.5 Å². The Hall–Kier alpha value is -1.35. The molecule has 2 aliphatic heterocycles. The van der Waals surface area contributed by atoms with Gasteiger partial charge in [0.25, 0.3) is 0 Å². The van der Waals surface area contributed by atoms with Gasteiger partial charge >= 0.3 is 6.03 Å². The van der Waals surface area contributed by atoms with E-state index in [0.29, 0.717) is 26.1 Å². The van der Waals surface area contributed by atoms with Crippen LogP contribution in [0.1, 0.15) is 32.6 Å². The molecule has 8 nitrogen and oxygen atoms in total. The highest BCUT2D eigenvalue weighted by molar-refractivity contribution is 7.88. The minimum atomic E-state index is -3.22. The van der Waals surface area contributed by atoms with E-state index in [-0.39, 0.29) is 24.0 Å². The van der Waals surface area contributed by atoms with Crippen molar-refractivity contribution in [2.45, 2.75) is 44.7 Å². The maximum Gasteiger partial charge on any atom is 0.315 e. The molecule has 0 aromatic heterocycles. The number of piperidine rings is 1. The van der Waals surface area contributed by atoms with Gasteiger partial charge in [0.1, 0.15) is 0 Å². The van der Waals surface area contributed by atoms with Crippen LogP contribution in [0, 0.1) is 0 Å². The van der Waals surface area contributed by atoms with Crippen LogP contribution in [0.15, 0.2) is 0 Å². The van der Waals surface area contributed by atoms with Crippen LogP contribution in [0.5, 0.6) is 0 Å². The lowest BCUT2D eigenvalue weighted by atomic mass is 10.1. The third-order valence-electron chi connectivity index (χ3n) is 4.23. The molecule has 132 valence electrons. The lowest BCUT2D eigenvalue weighted by Crippen LogP contribution is -2.54. The first-order valence-corrected chi connectivity index (χ1v) is 9.90. The van der Waals surface area contributed by atoms with Gasteiger partial charge < -0.3 is 15.5 Å². The molecular formula is C14H26N4O4S. The second-order valence-electron chi connectivity index (χ2n) is 6.42. The number of carbonyl (C=O) groups excluding carboxylic acids is 2. The average Bonchev–Trinajstić information content (AvgIpc) is 2.83. The van der Waals surface area contributed by atoms with Crippen molar-refractivity contribution < 1.29 is 18.0 Å². The number of urea groups is 1. The molecule has 3 amide bonds. The molecule has 2 heterocycles. The third kappa shape index (κ3) is 5.35. The summed E-state index contributed by atoms with van der Waals surface area (Å²) in [7, 11) is -3.22. The van der Waals surface area contributed by atoms with E-state index < -0.39 is 10.0 Å². The molecule has 2 aliphatic rings. The molecular weight excluding hydrogens is 320 g/mol. The molecule has 2 rings (SSSR count). The normalized spacial score (nSPS) is 24.5. The van der Waals surface area contributed by atoms with Crippen LogP contribution in [-0.2, 0) is 14.8 Å². The fraction of sp³-hybridized carbons (Fsp3) is 0.857. The number of hydrogen-bond acceptors (Lipinski definition) is 4. The van der Waals surface area contributed by atoms with Gasteiger partial charge in [0, 0.05) is 44.7 Å². The minimum Gasteiger partial charge on any atom is -0.341 e. The summed E-state index contributed by atoms with van der Waals surface area (Å²) in [6, 6.07) is -0.643. The molecule has 2 unspecified atom stereocenters. The standard InChI is InChI=1S/C14H26N4O4S/c1-11(9-17-7-4-6-13(17)19)15-14(20)16-12-5-3-8-18(10-12)23(2,21)22/h11-12H,3-10H2,1-2H3,(H2,15,16,20). The van der Waals surface area contributed by atoms with Crippen LogP contribution in [0.2, 0.25) is 0 Å². The summed E-state index contributed by atoms with van der Waals surface area (Å²) in [5.41, 5.74) is 0. The molecule has 0 aromatic rings. The van der Waals surface area contributed by atoms with Crippen molar-refractivity contribution >= 4 is 22.0 Å². The quantitative estimate of drug-likeness (QED) is 0.715. The molecule has 23 heavy (non-hydrogen) atoms. The molecule has 2 N–H and O–H groups in total. The van der Waals surface area contributed by atoms with Gasteiger partial charge in [-0.2, -0.15) is 0 Å². The van der Waals surface area contributed by atoms with Gasteiger partial charge in [-0.3, -0.25) is 4.79 Å². The molecule has 9 heteroatoms. The highest BCUT2D eigenvalue weighted by atomic mass is 32.2. The van der Waals surface area contributed by atoms with Crippen molar-refractivity contribution in [3.8, 4) is 0 Å². The van der Waals surface area contributed by atoms with E-state index in [1.807, 2.05) is 6.92 Å². The average molecular weight is 346 g/mol. The highest BCUT2D eigenvalue weighted by Gasteiger charge is 2.27. The van der Waals surface area contributed by atoms with Crippen LogP contribution in [0.25, 0.3) is 0 Å². The second kappa shape index (κ2) is 7.48. The fourth-order valence-corrected chi connectivity index (χ4v) is 4.00. The summed E-state index contributed by atoms with van der Waals surface area (Å²) in [6.07, 6.45) is 4.14. The van der Waals surface area contributed by atoms with Crippen LogP contribution >= 0.6 is 0 Å². The molecule has 0 bridgehead atoms. The molecule has 0 spiro atoms. The van der Waals surface area contributed by atoms with Crippen LogP contribution < -0.4 is 10.6 Å². The summed E-state index contributed by atoms with van der Waals surface area (Å²) >= 11 is 0. The Kier molecular flexibility index (Phi) is 5.85. The molecule has 2 atom stereocenters. The molecule has 0 saturated carbocycles. The summed E-state index contributed by atoms with van der Waals surface area (Å²) < 4.78 is 24.6. The number of likely N-dealkylation sites (tertiary alicyclic amines) is 1. The smallest absolute Gasteiger partial charge is 0.315 e. The SMILES string of the molecule is CC(CN1CCCC1=O)NC(=O)NC1CCCN(S(C)(=O)=O)C1. The predicted octanol–water partition coefficient (Wildman–Crippen LogP) is -0.279. The molecule has 0 aromatic carbocycles. The largest absolute Gasteiger partial charge is 0.341 e. The Balaban J connectivity index is 1.76. The van der Waals surface area contributed by atoms with Crippen LogP contribution in [0.3, 0.4) is 0 Å². The molecule has 0 radical (unpaired) electrons. The van der Waals surface area contributed by atoms with E-state index in [0.717, 1.165) is 25.8 Å². The minimum absolute atomic E-state index is 0.134. The summed E-state index contributed by atoms with van der Waals surface area (Å²) in [5, 5.41) is 5.64. The fourth-order valence-electron chi connectivity index (χ4n) is 3.09. The summed E-state index contributed by atoms with van der Waals surface area (Å²) in [4.78, 5) is 25.4. The Bertz CT molecular complexity index is 551. The maximum absolute atomic E-state index is 12.0. The lowest BCUT2D eigenvalue weighted by molar-refractivity contribution is -0.127. The van der Waals surface area contributed by atoms with Gasteiger partial charge in [-0.05, 0) is 26.2 Å². The van der Waals surface area contributed by atoms with Gasteiger partial charge in [0.05, 0.1) is 6.26 Å². The number of nitrogens with zero attached hydrogens (tertiary/aromatic N) is 2. The number of nitrogens with one attached hydrogen (secondary N) is 2. The maximum atomic E-state index is 12.0. The zero-order valence-electron chi connectivity index (χ0n) is 13.7. The monoisotopic (exact) mass is 346 g/mol. The topological polar surface area (TPSA) is 98.8 Å². The molecule has 2 saturated heterocycles. The van der Waals surface area contributed by atoms with Gasteiger partial charge in [-0.1, -0.05) is 0 Å². The van der Waals surface area contributed by atoms with E-state index >= 15 is 0 Å². The van der Waals surface area contributed by atoms with Crippen molar-refractivity contribution in [1.29, 1.82) is 0 Å². The van der Waals surface area contributed by atoms with E-state index in [1.165, 1.54) is 10.6 Å². The number of hydrogen-bond donors (Lipinski definition) is 2. The first-order valence-electron chi connectivity index (χ1n) is 8.05. The van der Waals surface area contributed by atoms with Gasteiger partial charge in [0.15, 0.2) is 0 Å². The zero-order valence-corrected chi connectivity index (χ0v) is 14.6.